The van der Waals surface area contributed by atoms with E-state index >= 15 is 0 Å². The Balaban J connectivity index is 1.75. The summed E-state index contributed by atoms with van der Waals surface area (Å²) < 4.78 is 1.85. The number of para-hydroxylation sites is 1. The minimum absolute atomic E-state index is 0.0777. The molecule has 0 spiro atoms. The second-order valence-corrected chi connectivity index (χ2v) is 8.56. The minimum atomic E-state index is -0.191. The number of quaternary nitrogens is 1. The summed E-state index contributed by atoms with van der Waals surface area (Å²) in [6, 6.07) is 7.72. The normalized spacial score (nSPS) is 13.4. The monoisotopic (exact) mass is 401 g/mol. The summed E-state index contributed by atoms with van der Waals surface area (Å²) in [5, 5.41) is 3.68. The number of aromatic nitrogens is 2. The Hall–Kier alpha value is -2.12. The first-order valence-electron chi connectivity index (χ1n) is 9.85. The maximum atomic E-state index is 12.6. The molecule has 6 nitrogen and oxygen atoms in total. The Kier molecular flexibility index (Phi) is 6.91. The molecule has 0 saturated heterocycles. The minimum Gasteiger partial charge on any atom is -0.338 e. The molecular formula is C21H29N4O2S+. The zero-order chi connectivity index (χ0) is 20.1. The number of nitrogens with one attached hydrogen (secondary N) is 2. The van der Waals surface area contributed by atoms with Gasteiger partial charge in [-0.2, -0.15) is 4.98 Å². The fourth-order valence-electron chi connectivity index (χ4n) is 3.47. The molecule has 28 heavy (non-hydrogen) atoms. The van der Waals surface area contributed by atoms with Gasteiger partial charge < -0.3 is 10.2 Å². The highest BCUT2D eigenvalue weighted by molar-refractivity contribution is 8.00. The van der Waals surface area contributed by atoms with Crippen molar-refractivity contribution in [2.45, 2.75) is 44.2 Å². The van der Waals surface area contributed by atoms with E-state index in [4.69, 9.17) is 0 Å². The maximum absolute atomic E-state index is 12.6. The third-order valence-electron chi connectivity index (χ3n) is 5.05. The molecule has 0 aliphatic heterocycles. The molecule has 0 fully saturated rings. The Bertz CT molecular complexity index is 908. The molecule has 1 aliphatic carbocycles. The fourth-order valence-corrected chi connectivity index (χ4v) is 4.34. The van der Waals surface area contributed by atoms with E-state index in [0.717, 1.165) is 59.8 Å². The fraction of sp³-hybridized carbons (Fsp3) is 0.476. The van der Waals surface area contributed by atoms with Crippen molar-refractivity contribution in [1.82, 2.24) is 9.55 Å². The van der Waals surface area contributed by atoms with Crippen LogP contribution in [0.4, 0.5) is 5.69 Å². The van der Waals surface area contributed by atoms with E-state index in [-0.39, 0.29) is 17.3 Å². The first-order chi connectivity index (χ1) is 13.5. The topological polar surface area (TPSA) is 68.4 Å². The Morgan fingerprint density at radius 3 is 2.75 bits per heavy atom. The summed E-state index contributed by atoms with van der Waals surface area (Å²) in [7, 11) is 4.17. The molecule has 1 aliphatic rings. The zero-order valence-corrected chi connectivity index (χ0v) is 17.7. The van der Waals surface area contributed by atoms with Crippen LogP contribution in [0.5, 0.6) is 0 Å². The smallest absolute Gasteiger partial charge is 0.338 e. The van der Waals surface area contributed by atoms with Crippen LogP contribution in [0, 0.1) is 6.92 Å². The standard InChI is InChI=1S/C21H28N4O2S/c1-15-8-4-6-10-17(15)22-19(26)14-28-20-16-9-5-7-11-18(16)25(21(27)23-20)13-12-24(2)3/h4,6,8,10H,5,7,9,11-14H2,1-3H3,(H,22,26)/p+1. The molecule has 0 bridgehead atoms. The third-order valence-corrected chi connectivity index (χ3v) is 6.06. The number of likely N-dealkylation sites (N-methyl/N-ethyl adjacent to an activating group) is 1. The van der Waals surface area contributed by atoms with Crippen molar-refractivity contribution >= 4 is 23.4 Å². The molecular weight excluding hydrogens is 372 g/mol. The van der Waals surface area contributed by atoms with E-state index in [1.807, 2.05) is 35.8 Å². The first-order valence-corrected chi connectivity index (χ1v) is 10.8. The number of benzene rings is 1. The summed E-state index contributed by atoms with van der Waals surface area (Å²) in [5.74, 6) is 0.171. The van der Waals surface area contributed by atoms with Crippen LogP contribution in [0.2, 0.25) is 0 Å². The van der Waals surface area contributed by atoms with Gasteiger partial charge >= 0.3 is 5.69 Å². The van der Waals surface area contributed by atoms with Crippen molar-refractivity contribution in [3.63, 3.8) is 0 Å². The summed E-state index contributed by atoms with van der Waals surface area (Å²) in [6.45, 7) is 3.55. The van der Waals surface area contributed by atoms with Crippen LogP contribution in [0.15, 0.2) is 34.1 Å². The van der Waals surface area contributed by atoms with Gasteiger partial charge in [0.15, 0.2) is 0 Å². The molecule has 3 rings (SSSR count). The molecule has 1 amide bonds. The highest BCUT2D eigenvalue weighted by atomic mass is 32.2. The van der Waals surface area contributed by atoms with Gasteiger partial charge in [-0.1, -0.05) is 30.0 Å². The van der Waals surface area contributed by atoms with Crippen LogP contribution < -0.4 is 15.9 Å². The number of carbonyl (C=O) groups excluding carboxylic acids is 1. The SMILES string of the molecule is Cc1ccccc1NC(=O)CSc1nc(=O)n(CC[NH+](C)C)c2c1CCCC2. The Morgan fingerprint density at radius 1 is 1.25 bits per heavy atom. The van der Waals surface area contributed by atoms with Gasteiger partial charge in [0, 0.05) is 16.9 Å². The molecule has 1 heterocycles. The third kappa shape index (κ3) is 5.02. The largest absolute Gasteiger partial charge is 0.349 e. The van der Waals surface area contributed by atoms with E-state index in [0.29, 0.717) is 6.54 Å². The predicted octanol–water partition coefficient (Wildman–Crippen LogP) is 1.31. The lowest BCUT2D eigenvalue weighted by molar-refractivity contribution is -0.859. The van der Waals surface area contributed by atoms with Crippen molar-refractivity contribution in [2.75, 3.05) is 31.7 Å². The lowest BCUT2D eigenvalue weighted by atomic mass is 9.97. The van der Waals surface area contributed by atoms with Crippen LogP contribution in [-0.2, 0) is 24.2 Å². The summed E-state index contributed by atoms with van der Waals surface area (Å²) >= 11 is 1.37. The summed E-state index contributed by atoms with van der Waals surface area (Å²) in [4.78, 5) is 30.7. The Labute approximate surface area is 170 Å². The molecule has 7 heteroatoms. The molecule has 2 N–H and O–H groups in total. The number of anilines is 1. The van der Waals surface area contributed by atoms with Crippen LogP contribution >= 0.6 is 11.8 Å². The number of amides is 1. The lowest BCUT2D eigenvalue weighted by Crippen LogP contribution is -3.06. The van der Waals surface area contributed by atoms with Gasteiger partial charge in [-0.25, -0.2) is 4.79 Å². The van der Waals surface area contributed by atoms with Gasteiger partial charge in [0.05, 0.1) is 32.9 Å². The molecule has 0 atom stereocenters. The number of thioether (sulfide) groups is 1. The molecule has 1 aromatic carbocycles. The van der Waals surface area contributed by atoms with Crippen molar-refractivity contribution < 1.29 is 9.69 Å². The van der Waals surface area contributed by atoms with Gasteiger partial charge in [0.25, 0.3) is 0 Å². The average Bonchev–Trinajstić information content (AvgIpc) is 2.67. The van der Waals surface area contributed by atoms with Crippen molar-refractivity contribution in [3.05, 3.63) is 51.6 Å². The van der Waals surface area contributed by atoms with Crippen molar-refractivity contribution in [1.29, 1.82) is 0 Å². The number of aryl methyl sites for hydroxylation is 1. The second kappa shape index (κ2) is 9.39. The van der Waals surface area contributed by atoms with Crippen LogP contribution in [-0.4, -0.2) is 41.9 Å². The summed E-state index contributed by atoms with van der Waals surface area (Å²) in [6.07, 6.45) is 4.05. The molecule has 0 radical (unpaired) electrons. The van der Waals surface area contributed by atoms with Crippen LogP contribution in [0.3, 0.4) is 0 Å². The molecule has 1 aromatic heterocycles. The van der Waals surface area contributed by atoms with E-state index in [9.17, 15) is 9.59 Å². The van der Waals surface area contributed by atoms with Gasteiger partial charge in [-0.3, -0.25) is 9.36 Å². The van der Waals surface area contributed by atoms with Crippen molar-refractivity contribution in [2.24, 2.45) is 0 Å². The Morgan fingerprint density at radius 2 is 2.00 bits per heavy atom. The highest BCUT2D eigenvalue weighted by Crippen LogP contribution is 2.28. The second-order valence-electron chi connectivity index (χ2n) is 7.59. The number of hydrogen-bond donors (Lipinski definition) is 2. The number of nitrogens with zero attached hydrogens (tertiary/aromatic N) is 2. The number of hydrogen-bond acceptors (Lipinski definition) is 4. The van der Waals surface area contributed by atoms with Gasteiger partial charge in [-0.05, 0) is 44.2 Å². The molecule has 2 aromatic rings. The first kappa shape index (κ1) is 20.6. The molecule has 150 valence electrons. The zero-order valence-electron chi connectivity index (χ0n) is 16.9. The summed E-state index contributed by atoms with van der Waals surface area (Å²) in [5.41, 5.74) is 3.94. The van der Waals surface area contributed by atoms with E-state index in [2.05, 4.69) is 24.4 Å². The lowest BCUT2D eigenvalue weighted by Gasteiger charge is -2.23. The quantitative estimate of drug-likeness (QED) is 0.542. The van der Waals surface area contributed by atoms with Gasteiger partial charge in [0.1, 0.15) is 5.03 Å². The van der Waals surface area contributed by atoms with Crippen LogP contribution in [0.25, 0.3) is 0 Å². The van der Waals surface area contributed by atoms with Gasteiger partial charge in [-0.15, -0.1) is 0 Å². The maximum Gasteiger partial charge on any atom is 0.349 e. The molecule has 0 saturated carbocycles. The number of rotatable bonds is 7. The van der Waals surface area contributed by atoms with E-state index < -0.39 is 0 Å². The van der Waals surface area contributed by atoms with E-state index in [1.54, 1.807) is 0 Å². The highest BCUT2D eigenvalue weighted by Gasteiger charge is 2.21. The predicted molar refractivity (Wildman–Crippen MR) is 113 cm³/mol. The molecule has 0 unspecified atom stereocenters. The number of fused-ring (bicyclic) bond motifs is 1. The average molecular weight is 402 g/mol. The van der Waals surface area contributed by atoms with Gasteiger partial charge in [0.2, 0.25) is 5.91 Å². The van der Waals surface area contributed by atoms with E-state index in [1.165, 1.54) is 16.7 Å². The van der Waals surface area contributed by atoms with Crippen LogP contribution in [0.1, 0.15) is 29.7 Å². The van der Waals surface area contributed by atoms with Crippen molar-refractivity contribution in [3.8, 4) is 0 Å². The number of carbonyl (C=O) groups is 1.